The maximum Gasteiger partial charge on any atom is 0.210 e. The van der Waals surface area contributed by atoms with Crippen LogP contribution in [0, 0.1) is 5.92 Å². The minimum atomic E-state index is -3.81. The first-order valence-electron chi connectivity index (χ1n) is 10.8. The lowest BCUT2D eigenvalue weighted by molar-refractivity contribution is 0.172. The summed E-state index contributed by atoms with van der Waals surface area (Å²) in [7, 11) is -2.25. The quantitative estimate of drug-likeness (QED) is 0.588. The van der Waals surface area contributed by atoms with Crippen LogP contribution in [0.2, 0.25) is 0 Å². The van der Waals surface area contributed by atoms with E-state index in [0.717, 1.165) is 31.3 Å². The SMILES string of the molecule is COc1ccc(S(=O)(=O)c2cnc3cc4c(cc3c2N2CCC[C@H](C)C2)OCCO4)cc1. The number of aromatic nitrogens is 1. The fraction of sp³-hybridized carbons (Fsp3) is 0.375. The summed E-state index contributed by atoms with van der Waals surface area (Å²) in [6.45, 7) is 4.73. The lowest BCUT2D eigenvalue weighted by Gasteiger charge is -2.35. The molecule has 0 N–H and O–H groups in total. The summed E-state index contributed by atoms with van der Waals surface area (Å²) in [6, 6.07) is 10.2. The van der Waals surface area contributed by atoms with Crippen molar-refractivity contribution in [3.63, 3.8) is 0 Å². The van der Waals surface area contributed by atoms with Crippen LogP contribution in [0.4, 0.5) is 5.69 Å². The largest absolute Gasteiger partial charge is 0.497 e. The van der Waals surface area contributed by atoms with Gasteiger partial charge < -0.3 is 19.1 Å². The van der Waals surface area contributed by atoms with E-state index < -0.39 is 9.84 Å². The number of hydrogen-bond donors (Lipinski definition) is 0. The molecule has 0 unspecified atom stereocenters. The molecule has 0 spiro atoms. The normalized spacial score (nSPS) is 18.6. The van der Waals surface area contributed by atoms with Gasteiger partial charge in [-0.25, -0.2) is 8.42 Å². The highest BCUT2D eigenvalue weighted by Crippen LogP contribution is 2.42. The fourth-order valence-electron chi connectivity index (χ4n) is 4.49. The van der Waals surface area contributed by atoms with E-state index in [4.69, 9.17) is 14.2 Å². The molecule has 0 aliphatic carbocycles. The minimum absolute atomic E-state index is 0.209. The fourth-order valence-corrected chi connectivity index (χ4v) is 5.93. The molecule has 8 heteroatoms. The van der Waals surface area contributed by atoms with Gasteiger partial charge in [0.1, 0.15) is 23.9 Å². The van der Waals surface area contributed by atoms with Gasteiger partial charge in [-0.15, -0.1) is 0 Å². The Labute approximate surface area is 187 Å². The van der Waals surface area contributed by atoms with E-state index in [1.165, 1.54) is 6.20 Å². The number of nitrogens with zero attached hydrogens (tertiary/aromatic N) is 2. The van der Waals surface area contributed by atoms with Crippen LogP contribution in [0.15, 0.2) is 52.4 Å². The van der Waals surface area contributed by atoms with E-state index in [1.54, 1.807) is 31.4 Å². The Bertz CT molecular complexity index is 1260. The second-order valence-corrected chi connectivity index (χ2v) is 10.3. The maximum atomic E-state index is 13.7. The van der Waals surface area contributed by atoms with Crippen molar-refractivity contribution >= 4 is 26.4 Å². The van der Waals surface area contributed by atoms with Gasteiger partial charge in [0.15, 0.2) is 11.5 Å². The van der Waals surface area contributed by atoms with Crippen molar-refractivity contribution in [1.29, 1.82) is 0 Å². The van der Waals surface area contributed by atoms with Crippen molar-refractivity contribution < 1.29 is 22.6 Å². The third kappa shape index (κ3) is 3.62. The third-order valence-corrected chi connectivity index (χ3v) is 7.87. The molecule has 2 aliphatic rings. The molecule has 3 aromatic rings. The van der Waals surface area contributed by atoms with Gasteiger partial charge in [0, 0.05) is 30.7 Å². The number of ether oxygens (including phenoxy) is 3. The smallest absolute Gasteiger partial charge is 0.210 e. The van der Waals surface area contributed by atoms with Gasteiger partial charge in [-0.2, -0.15) is 0 Å². The second-order valence-electron chi connectivity index (χ2n) is 8.36. The molecule has 1 atom stereocenters. The van der Waals surface area contributed by atoms with Crippen molar-refractivity contribution in [3.05, 3.63) is 42.6 Å². The Morgan fingerprint density at radius 2 is 1.81 bits per heavy atom. The van der Waals surface area contributed by atoms with Crippen molar-refractivity contribution in [2.45, 2.75) is 29.6 Å². The zero-order chi connectivity index (χ0) is 22.3. The Morgan fingerprint density at radius 1 is 1.09 bits per heavy atom. The molecule has 1 aromatic heterocycles. The molecule has 5 rings (SSSR count). The van der Waals surface area contributed by atoms with Gasteiger partial charge in [-0.05, 0) is 49.1 Å². The summed E-state index contributed by atoms with van der Waals surface area (Å²) < 4.78 is 44.2. The summed E-state index contributed by atoms with van der Waals surface area (Å²) in [4.78, 5) is 7.13. The van der Waals surface area contributed by atoms with Gasteiger partial charge in [0.25, 0.3) is 0 Å². The van der Waals surface area contributed by atoms with Crippen LogP contribution in [0.1, 0.15) is 19.8 Å². The highest BCUT2D eigenvalue weighted by atomic mass is 32.2. The standard InChI is InChI=1S/C24H26N2O5S/c1-16-4-3-9-26(15-16)24-19-12-21-22(31-11-10-30-21)13-20(19)25-14-23(24)32(27,28)18-7-5-17(29-2)6-8-18/h5-8,12-14,16H,3-4,9-11,15H2,1-2H3/t16-/m0/s1. The summed E-state index contributed by atoms with van der Waals surface area (Å²) in [5.74, 6) is 2.34. The number of pyridine rings is 1. The number of benzene rings is 2. The van der Waals surface area contributed by atoms with Crippen LogP contribution in [-0.2, 0) is 9.84 Å². The molecular weight excluding hydrogens is 428 g/mol. The number of rotatable bonds is 4. The predicted octanol–water partition coefficient (Wildman–Crippen LogP) is 4.08. The topological polar surface area (TPSA) is 78.0 Å². The van der Waals surface area contributed by atoms with Gasteiger partial charge in [-0.3, -0.25) is 4.98 Å². The van der Waals surface area contributed by atoms with Crippen molar-refractivity contribution in [2.75, 3.05) is 38.3 Å². The molecule has 0 bridgehead atoms. The predicted molar refractivity (Wildman–Crippen MR) is 122 cm³/mol. The Balaban J connectivity index is 1.73. The zero-order valence-corrected chi connectivity index (χ0v) is 19.0. The van der Waals surface area contributed by atoms with Crippen LogP contribution in [0.3, 0.4) is 0 Å². The Kier molecular flexibility index (Phi) is 5.33. The van der Waals surface area contributed by atoms with E-state index >= 15 is 0 Å². The molecular formula is C24H26N2O5S. The van der Waals surface area contributed by atoms with Crippen LogP contribution in [0.5, 0.6) is 17.2 Å². The molecule has 2 aromatic carbocycles. The number of methoxy groups -OCH3 is 1. The van der Waals surface area contributed by atoms with Crippen LogP contribution < -0.4 is 19.1 Å². The van der Waals surface area contributed by atoms with E-state index in [9.17, 15) is 8.42 Å². The molecule has 3 heterocycles. The number of hydrogen-bond acceptors (Lipinski definition) is 7. The first-order valence-corrected chi connectivity index (χ1v) is 12.3. The van der Waals surface area contributed by atoms with Crippen LogP contribution in [0.25, 0.3) is 10.9 Å². The third-order valence-electron chi connectivity index (χ3n) is 6.10. The molecule has 0 radical (unpaired) electrons. The average molecular weight is 455 g/mol. The Hall–Kier alpha value is -3.00. The van der Waals surface area contributed by atoms with E-state index in [0.29, 0.717) is 47.6 Å². The number of anilines is 1. The van der Waals surface area contributed by atoms with Gasteiger partial charge >= 0.3 is 0 Å². The van der Waals surface area contributed by atoms with Crippen molar-refractivity contribution in [3.8, 4) is 17.2 Å². The minimum Gasteiger partial charge on any atom is -0.497 e. The lowest BCUT2D eigenvalue weighted by atomic mass is 9.99. The van der Waals surface area contributed by atoms with E-state index in [2.05, 4.69) is 16.8 Å². The number of piperidine rings is 1. The molecule has 1 fully saturated rings. The molecule has 168 valence electrons. The molecule has 1 saturated heterocycles. The lowest BCUT2D eigenvalue weighted by Crippen LogP contribution is -2.35. The molecule has 0 amide bonds. The molecule has 7 nitrogen and oxygen atoms in total. The zero-order valence-electron chi connectivity index (χ0n) is 18.2. The van der Waals surface area contributed by atoms with Gasteiger partial charge in [0.2, 0.25) is 9.84 Å². The first-order chi connectivity index (χ1) is 15.5. The van der Waals surface area contributed by atoms with Crippen LogP contribution >= 0.6 is 0 Å². The maximum absolute atomic E-state index is 13.7. The van der Waals surface area contributed by atoms with Gasteiger partial charge in [-0.1, -0.05) is 6.92 Å². The highest BCUT2D eigenvalue weighted by Gasteiger charge is 2.30. The number of sulfone groups is 1. The molecule has 32 heavy (non-hydrogen) atoms. The second kappa shape index (κ2) is 8.16. The average Bonchev–Trinajstić information content (AvgIpc) is 2.82. The summed E-state index contributed by atoms with van der Waals surface area (Å²) in [5.41, 5.74) is 1.38. The number of fused-ring (bicyclic) bond motifs is 2. The van der Waals surface area contributed by atoms with Crippen LogP contribution in [-0.4, -0.2) is 46.8 Å². The van der Waals surface area contributed by atoms with E-state index in [-0.39, 0.29) is 9.79 Å². The van der Waals surface area contributed by atoms with E-state index in [1.807, 2.05) is 12.1 Å². The summed E-state index contributed by atoms with van der Waals surface area (Å²) in [6.07, 6.45) is 3.62. The monoisotopic (exact) mass is 454 g/mol. The Morgan fingerprint density at radius 3 is 2.50 bits per heavy atom. The molecule has 2 aliphatic heterocycles. The van der Waals surface area contributed by atoms with Crippen molar-refractivity contribution in [1.82, 2.24) is 4.98 Å². The van der Waals surface area contributed by atoms with Crippen molar-refractivity contribution in [2.24, 2.45) is 5.92 Å². The first kappa shape index (κ1) is 20.9. The highest BCUT2D eigenvalue weighted by molar-refractivity contribution is 7.91. The summed E-state index contributed by atoms with van der Waals surface area (Å²) >= 11 is 0. The summed E-state index contributed by atoms with van der Waals surface area (Å²) in [5, 5.41) is 0.762. The molecule has 0 saturated carbocycles. The van der Waals surface area contributed by atoms with Gasteiger partial charge in [0.05, 0.1) is 23.2 Å².